The van der Waals surface area contributed by atoms with Crippen LogP contribution in [-0.4, -0.2) is 26.5 Å². The monoisotopic (exact) mass is 372 g/mol. The molecule has 0 aliphatic heterocycles. The van der Waals surface area contributed by atoms with Gasteiger partial charge < -0.3 is 5.73 Å². The standard InChI is InChI=1S/C19H12N6OS/c20-10-14-9-13(5-6-15(14)17-16(18(21)26)7-8-27-17)11-1-3-12(4-2-11)19-22-24-25-23-19/h1-9H,(H2,21,26)(H,22,23,24,25). The molecule has 0 radical (unpaired) electrons. The predicted octanol–water partition coefficient (Wildman–Crippen LogP) is 3.23. The number of tetrazole rings is 1. The Labute approximate surface area is 158 Å². The zero-order valence-electron chi connectivity index (χ0n) is 13.9. The summed E-state index contributed by atoms with van der Waals surface area (Å²) in [4.78, 5) is 12.3. The van der Waals surface area contributed by atoms with Crippen molar-refractivity contribution >= 4 is 17.2 Å². The molecule has 4 rings (SSSR count). The van der Waals surface area contributed by atoms with E-state index in [1.165, 1.54) is 11.3 Å². The Bertz CT molecular complexity index is 1160. The Morgan fingerprint density at radius 3 is 2.48 bits per heavy atom. The van der Waals surface area contributed by atoms with Crippen molar-refractivity contribution in [1.29, 1.82) is 5.26 Å². The maximum Gasteiger partial charge on any atom is 0.250 e. The van der Waals surface area contributed by atoms with Crippen LogP contribution in [0.4, 0.5) is 0 Å². The molecule has 0 aliphatic rings. The zero-order valence-corrected chi connectivity index (χ0v) is 14.7. The van der Waals surface area contributed by atoms with Gasteiger partial charge in [0.1, 0.15) is 0 Å². The maximum absolute atomic E-state index is 11.6. The van der Waals surface area contributed by atoms with Gasteiger partial charge >= 0.3 is 0 Å². The van der Waals surface area contributed by atoms with Crippen molar-refractivity contribution in [2.24, 2.45) is 5.73 Å². The first-order chi connectivity index (χ1) is 13.2. The summed E-state index contributed by atoms with van der Waals surface area (Å²) in [5.74, 6) is 0.0163. The number of nitriles is 1. The van der Waals surface area contributed by atoms with Crippen LogP contribution in [0.25, 0.3) is 33.0 Å². The molecule has 8 heteroatoms. The fourth-order valence-corrected chi connectivity index (χ4v) is 3.76. The van der Waals surface area contributed by atoms with E-state index in [9.17, 15) is 10.1 Å². The summed E-state index contributed by atoms with van der Waals surface area (Å²) in [5, 5.41) is 25.3. The number of aromatic amines is 1. The highest BCUT2D eigenvalue weighted by Crippen LogP contribution is 2.34. The summed E-state index contributed by atoms with van der Waals surface area (Å²) >= 11 is 1.39. The van der Waals surface area contributed by atoms with Crippen molar-refractivity contribution in [3.63, 3.8) is 0 Å². The molecule has 0 atom stereocenters. The van der Waals surface area contributed by atoms with Gasteiger partial charge in [-0.25, -0.2) is 0 Å². The number of carbonyl (C=O) groups is 1. The number of H-pyrrole nitrogens is 1. The normalized spacial score (nSPS) is 10.5. The number of carbonyl (C=O) groups excluding carboxylic acids is 1. The number of nitrogens with two attached hydrogens (primary N) is 1. The number of benzene rings is 2. The van der Waals surface area contributed by atoms with Crippen LogP contribution in [0.3, 0.4) is 0 Å². The van der Waals surface area contributed by atoms with Crippen molar-refractivity contribution in [3.8, 4) is 39.0 Å². The minimum atomic E-state index is -0.503. The van der Waals surface area contributed by atoms with Gasteiger partial charge in [0, 0.05) is 16.0 Å². The van der Waals surface area contributed by atoms with Crippen LogP contribution in [0, 0.1) is 11.3 Å². The lowest BCUT2D eigenvalue weighted by atomic mass is 9.97. The molecule has 4 aromatic rings. The van der Waals surface area contributed by atoms with Crippen molar-refractivity contribution < 1.29 is 4.79 Å². The molecule has 2 aromatic heterocycles. The lowest BCUT2D eigenvalue weighted by Crippen LogP contribution is -2.10. The SMILES string of the molecule is N#Cc1cc(-c2ccc(-c3nn[nH]n3)cc2)ccc1-c1sccc1C(N)=O. The van der Waals surface area contributed by atoms with Gasteiger partial charge in [-0.1, -0.05) is 36.4 Å². The average Bonchev–Trinajstić information content (AvgIpc) is 3.39. The minimum absolute atomic E-state index is 0.425. The number of amides is 1. The van der Waals surface area contributed by atoms with Crippen LogP contribution in [0.1, 0.15) is 15.9 Å². The number of hydrogen-bond donors (Lipinski definition) is 2. The van der Waals surface area contributed by atoms with E-state index in [1.807, 2.05) is 42.5 Å². The molecular weight excluding hydrogens is 360 g/mol. The molecule has 1 amide bonds. The molecule has 27 heavy (non-hydrogen) atoms. The highest BCUT2D eigenvalue weighted by atomic mass is 32.1. The van der Waals surface area contributed by atoms with Crippen LogP contribution in [0.2, 0.25) is 0 Å². The molecular formula is C19H12N6OS. The van der Waals surface area contributed by atoms with Crippen molar-refractivity contribution in [1.82, 2.24) is 20.6 Å². The summed E-state index contributed by atoms with van der Waals surface area (Å²) in [6, 6.07) is 17.1. The third-order valence-electron chi connectivity index (χ3n) is 4.14. The lowest BCUT2D eigenvalue weighted by molar-refractivity contribution is 0.100. The number of thiophene rings is 1. The number of primary amides is 1. The molecule has 2 heterocycles. The van der Waals surface area contributed by atoms with Crippen molar-refractivity contribution in [2.45, 2.75) is 0 Å². The molecule has 0 saturated carbocycles. The van der Waals surface area contributed by atoms with E-state index in [2.05, 4.69) is 26.7 Å². The molecule has 3 N–H and O–H groups in total. The van der Waals surface area contributed by atoms with E-state index < -0.39 is 5.91 Å². The van der Waals surface area contributed by atoms with Crippen LogP contribution in [-0.2, 0) is 0 Å². The summed E-state index contributed by atoms with van der Waals surface area (Å²) in [6.45, 7) is 0. The summed E-state index contributed by atoms with van der Waals surface area (Å²) in [6.07, 6.45) is 0. The van der Waals surface area contributed by atoms with Crippen LogP contribution < -0.4 is 5.73 Å². The Balaban J connectivity index is 1.72. The molecule has 7 nitrogen and oxygen atoms in total. The number of nitrogens with one attached hydrogen (secondary N) is 1. The second kappa shape index (κ2) is 6.82. The van der Waals surface area contributed by atoms with Gasteiger partial charge in [-0.2, -0.15) is 10.5 Å². The third-order valence-corrected chi connectivity index (χ3v) is 5.08. The van der Waals surface area contributed by atoms with E-state index >= 15 is 0 Å². The van der Waals surface area contributed by atoms with E-state index in [-0.39, 0.29) is 0 Å². The van der Waals surface area contributed by atoms with E-state index in [4.69, 9.17) is 5.73 Å². The van der Waals surface area contributed by atoms with Crippen LogP contribution in [0.5, 0.6) is 0 Å². The molecule has 0 spiro atoms. The Morgan fingerprint density at radius 1 is 1.07 bits per heavy atom. The fourth-order valence-electron chi connectivity index (χ4n) is 2.82. The summed E-state index contributed by atoms with van der Waals surface area (Å²) < 4.78 is 0. The number of aromatic nitrogens is 4. The largest absolute Gasteiger partial charge is 0.366 e. The fraction of sp³-hybridized carbons (Fsp3) is 0. The van der Waals surface area contributed by atoms with Crippen molar-refractivity contribution in [3.05, 3.63) is 65.0 Å². The number of nitrogens with zero attached hydrogens (tertiary/aromatic N) is 4. The van der Waals surface area contributed by atoms with E-state index in [0.717, 1.165) is 16.7 Å². The van der Waals surface area contributed by atoms with Gasteiger partial charge in [-0.15, -0.1) is 21.5 Å². The van der Waals surface area contributed by atoms with Gasteiger partial charge in [-0.05, 0) is 33.9 Å². The first kappa shape index (κ1) is 16.6. The van der Waals surface area contributed by atoms with Gasteiger partial charge in [0.05, 0.1) is 17.2 Å². The van der Waals surface area contributed by atoms with Crippen LogP contribution >= 0.6 is 11.3 Å². The molecule has 0 bridgehead atoms. The van der Waals surface area contributed by atoms with Gasteiger partial charge in [0.2, 0.25) is 11.7 Å². The number of hydrogen-bond acceptors (Lipinski definition) is 6. The minimum Gasteiger partial charge on any atom is -0.366 e. The average molecular weight is 372 g/mol. The predicted molar refractivity (Wildman–Crippen MR) is 102 cm³/mol. The molecule has 2 aromatic carbocycles. The summed E-state index contributed by atoms with van der Waals surface area (Å²) in [5.41, 5.74) is 9.73. The molecule has 0 aliphatic carbocycles. The molecule has 0 unspecified atom stereocenters. The smallest absolute Gasteiger partial charge is 0.250 e. The number of rotatable bonds is 4. The summed E-state index contributed by atoms with van der Waals surface area (Å²) in [7, 11) is 0. The molecule has 130 valence electrons. The Hall–Kier alpha value is -3.83. The second-order valence-electron chi connectivity index (χ2n) is 5.71. The van der Waals surface area contributed by atoms with Gasteiger partial charge in [0.25, 0.3) is 0 Å². The zero-order chi connectivity index (χ0) is 18.8. The van der Waals surface area contributed by atoms with Gasteiger partial charge in [0.15, 0.2) is 0 Å². The van der Waals surface area contributed by atoms with Crippen molar-refractivity contribution in [2.75, 3.05) is 0 Å². The lowest BCUT2D eigenvalue weighted by Gasteiger charge is -2.08. The van der Waals surface area contributed by atoms with Gasteiger partial charge in [-0.3, -0.25) is 4.79 Å². The second-order valence-corrected chi connectivity index (χ2v) is 6.63. The first-order valence-electron chi connectivity index (χ1n) is 7.93. The molecule has 0 fully saturated rings. The van der Waals surface area contributed by atoms with Crippen LogP contribution in [0.15, 0.2) is 53.9 Å². The highest BCUT2D eigenvalue weighted by molar-refractivity contribution is 7.14. The highest BCUT2D eigenvalue weighted by Gasteiger charge is 2.15. The quantitative estimate of drug-likeness (QED) is 0.569. The molecule has 0 saturated heterocycles. The van der Waals surface area contributed by atoms with E-state index in [1.54, 1.807) is 11.4 Å². The Kier molecular flexibility index (Phi) is 4.20. The first-order valence-corrected chi connectivity index (χ1v) is 8.81. The van der Waals surface area contributed by atoms with E-state index in [0.29, 0.717) is 27.4 Å². The Morgan fingerprint density at radius 2 is 1.81 bits per heavy atom. The topological polar surface area (TPSA) is 121 Å². The maximum atomic E-state index is 11.6. The third kappa shape index (κ3) is 3.07.